The summed E-state index contributed by atoms with van der Waals surface area (Å²) in [5, 5.41) is 3.25. The van der Waals surface area contributed by atoms with E-state index in [1.165, 1.54) is 17.8 Å². The molecular formula is C23H20F3N4. The van der Waals surface area contributed by atoms with E-state index in [2.05, 4.69) is 32.3 Å². The van der Waals surface area contributed by atoms with Crippen molar-refractivity contribution in [2.24, 2.45) is 4.99 Å². The van der Waals surface area contributed by atoms with Crippen LogP contribution in [0.1, 0.15) is 16.7 Å². The first-order valence-corrected chi connectivity index (χ1v) is 9.46. The largest absolute Gasteiger partial charge is 0.418 e. The van der Waals surface area contributed by atoms with Crippen LogP contribution in [0.5, 0.6) is 0 Å². The van der Waals surface area contributed by atoms with E-state index in [-0.39, 0.29) is 5.69 Å². The van der Waals surface area contributed by atoms with E-state index in [0.717, 1.165) is 24.0 Å². The number of hydrogen-bond acceptors (Lipinski definition) is 4. The first-order chi connectivity index (χ1) is 14.4. The average molecular weight is 409 g/mol. The van der Waals surface area contributed by atoms with Crippen molar-refractivity contribution in [3.63, 3.8) is 0 Å². The summed E-state index contributed by atoms with van der Waals surface area (Å²) in [7, 11) is 1.99. The van der Waals surface area contributed by atoms with E-state index >= 15 is 0 Å². The number of fused-ring (bicyclic) bond motifs is 1. The molecule has 2 heterocycles. The van der Waals surface area contributed by atoms with Crippen LogP contribution in [-0.4, -0.2) is 29.3 Å². The number of rotatable bonds is 5. The van der Waals surface area contributed by atoms with E-state index in [4.69, 9.17) is 0 Å². The molecule has 0 atom stereocenters. The third kappa shape index (κ3) is 4.52. The van der Waals surface area contributed by atoms with Crippen molar-refractivity contribution in [1.82, 2.24) is 9.88 Å². The van der Waals surface area contributed by atoms with Crippen LogP contribution in [0.3, 0.4) is 0 Å². The van der Waals surface area contributed by atoms with Gasteiger partial charge in [-0.15, -0.1) is 0 Å². The summed E-state index contributed by atoms with van der Waals surface area (Å²) in [5.74, 6) is 0.732. The van der Waals surface area contributed by atoms with Crippen LogP contribution >= 0.6 is 0 Å². The number of nitrogens with zero attached hydrogens (tertiary/aromatic N) is 3. The van der Waals surface area contributed by atoms with Crippen LogP contribution in [-0.2, 0) is 12.7 Å². The maximum absolute atomic E-state index is 13.4. The summed E-state index contributed by atoms with van der Waals surface area (Å²) in [5.41, 5.74) is 2.29. The molecule has 30 heavy (non-hydrogen) atoms. The van der Waals surface area contributed by atoms with Gasteiger partial charge in [-0.3, -0.25) is 14.9 Å². The fourth-order valence-electron chi connectivity index (χ4n) is 3.41. The third-order valence-corrected chi connectivity index (χ3v) is 4.79. The highest BCUT2D eigenvalue weighted by Gasteiger charge is 2.34. The molecule has 1 aliphatic heterocycles. The molecule has 1 radical (unpaired) electrons. The molecule has 0 aliphatic carbocycles. The lowest BCUT2D eigenvalue weighted by Gasteiger charge is -2.23. The number of nitrogens with one attached hydrogen (secondary N) is 1. The van der Waals surface area contributed by atoms with Crippen LogP contribution in [0.2, 0.25) is 0 Å². The number of halogens is 3. The van der Waals surface area contributed by atoms with Gasteiger partial charge in [0.1, 0.15) is 12.4 Å². The fraction of sp³-hybridized carbons (Fsp3) is 0.174. The molecule has 0 saturated carbocycles. The van der Waals surface area contributed by atoms with Crippen molar-refractivity contribution in [1.29, 1.82) is 0 Å². The van der Waals surface area contributed by atoms with Crippen molar-refractivity contribution in [3.8, 4) is 11.3 Å². The quantitative estimate of drug-likeness (QED) is 0.627. The van der Waals surface area contributed by atoms with Crippen molar-refractivity contribution in [3.05, 3.63) is 90.1 Å². The van der Waals surface area contributed by atoms with Gasteiger partial charge in [0.2, 0.25) is 0 Å². The standard InChI is InChI=1S/C23H20F3N4/c1-30(14-16-6-3-2-4-7-16)15-21-28-13-18-10-9-17(12-20(18)29-21)22-19(23(24,25)26)8-5-11-27-22/h2-13H,14-15H2,1H3,(H,28,29). The predicted octanol–water partition coefficient (Wildman–Crippen LogP) is 5.23. The van der Waals surface area contributed by atoms with E-state index in [0.29, 0.717) is 17.8 Å². The zero-order valence-electron chi connectivity index (χ0n) is 16.3. The summed E-state index contributed by atoms with van der Waals surface area (Å²) in [4.78, 5) is 10.6. The number of aliphatic imine (C=N–C) groups is 1. The Morgan fingerprint density at radius 3 is 2.53 bits per heavy atom. The van der Waals surface area contributed by atoms with Gasteiger partial charge in [0.15, 0.2) is 0 Å². The van der Waals surface area contributed by atoms with Gasteiger partial charge in [-0.2, -0.15) is 13.2 Å². The Labute approximate surface area is 173 Å². The van der Waals surface area contributed by atoms with Gasteiger partial charge in [0.05, 0.1) is 17.8 Å². The second kappa shape index (κ2) is 8.28. The Kier molecular flexibility index (Phi) is 5.55. The first-order valence-electron chi connectivity index (χ1n) is 9.46. The highest BCUT2D eigenvalue weighted by Crippen LogP contribution is 2.37. The zero-order valence-corrected chi connectivity index (χ0v) is 16.3. The molecule has 0 spiro atoms. The lowest BCUT2D eigenvalue weighted by atomic mass is 10.0. The van der Waals surface area contributed by atoms with Crippen LogP contribution in [0.15, 0.2) is 71.9 Å². The lowest BCUT2D eigenvalue weighted by Crippen LogP contribution is -2.31. The molecule has 0 fully saturated rings. The van der Waals surface area contributed by atoms with Crippen molar-refractivity contribution >= 4 is 11.5 Å². The summed E-state index contributed by atoms with van der Waals surface area (Å²) >= 11 is 0. The molecule has 0 amide bonds. The maximum Gasteiger partial charge on any atom is 0.418 e. The molecule has 0 bridgehead atoms. The monoisotopic (exact) mass is 409 g/mol. The number of benzene rings is 2. The Bertz CT molecular complexity index is 1060. The Morgan fingerprint density at radius 2 is 1.77 bits per heavy atom. The molecule has 153 valence electrons. The molecule has 2 aromatic carbocycles. The van der Waals surface area contributed by atoms with Crippen molar-refractivity contribution < 1.29 is 13.2 Å². The smallest absolute Gasteiger partial charge is 0.343 e. The molecule has 4 nitrogen and oxygen atoms in total. The lowest BCUT2D eigenvalue weighted by molar-refractivity contribution is -0.137. The minimum Gasteiger partial charge on any atom is -0.343 e. The van der Waals surface area contributed by atoms with Crippen LogP contribution in [0.4, 0.5) is 18.9 Å². The third-order valence-electron chi connectivity index (χ3n) is 4.79. The normalized spacial score (nSPS) is 13.6. The SMILES string of the molecule is CN(CC1=N[CH]c2ccc(-c3ncccc3C(F)(F)F)cc2N1)Cc1ccccc1. The van der Waals surface area contributed by atoms with E-state index in [9.17, 15) is 13.2 Å². The second-order valence-electron chi connectivity index (χ2n) is 7.19. The highest BCUT2D eigenvalue weighted by molar-refractivity contribution is 6.00. The molecule has 0 saturated heterocycles. The van der Waals surface area contributed by atoms with Gasteiger partial charge < -0.3 is 5.32 Å². The van der Waals surface area contributed by atoms with Crippen LogP contribution < -0.4 is 5.32 Å². The van der Waals surface area contributed by atoms with Gasteiger partial charge >= 0.3 is 6.18 Å². The summed E-state index contributed by atoms with van der Waals surface area (Å²) < 4.78 is 40.1. The number of hydrogen-bond donors (Lipinski definition) is 1. The molecule has 7 heteroatoms. The van der Waals surface area contributed by atoms with E-state index in [1.807, 2.05) is 25.2 Å². The maximum atomic E-state index is 13.4. The number of alkyl halides is 3. The van der Waals surface area contributed by atoms with E-state index in [1.54, 1.807) is 24.7 Å². The van der Waals surface area contributed by atoms with Gasteiger partial charge in [-0.25, -0.2) is 0 Å². The highest BCUT2D eigenvalue weighted by atomic mass is 19.4. The van der Waals surface area contributed by atoms with Crippen LogP contribution in [0, 0.1) is 6.54 Å². The number of anilines is 1. The molecular weight excluding hydrogens is 389 g/mol. The van der Waals surface area contributed by atoms with Gasteiger partial charge in [-0.05, 0) is 30.8 Å². The van der Waals surface area contributed by atoms with Crippen molar-refractivity contribution in [2.75, 3.05) is 18.9 Å². The minimum atomic E-state index is -4.47. The molecule has 3 aromatic rings. The number of likely N-dealkylation sites (N-methyl/N-ethyl adjacent to an activating group) is 1. The first kappa shape index (κ1) is 20.1. The fourth-order valence-corrected chi connectivity index (χ4v) is 3.41. The molecule has 1 aliphatic rings. The van der Waals surface area contributed by atoms with Crippen molar-refractivity contribution in [2.45, 2.75) is 12.7 Å². The Hall–Kier alpha value is -3.19. The average Bonchev–Trinajstić information content (AvgIpc) is 2.73. The Morgan fingerprint density at radius 1 is 0.967 bits per heavy atom. The number of amidine groups is 1. The molecule has 1 N–H and O–H groups in total. The number of pyridine rings is 1. The van der Waals surface area contributed by atoms with E-state index < -0.39 is 11.7 Å². The minimum absolute atomic E-state index is 0.0835. The second-order valence-corrected chi connectivity index (χ2v) is 7.19. The predicted molar refractivity (Wildman–Crippen MR) is 112 cm³/mol. The van der Waals surface area contributed by atoms with Gasteiger partial charge in [0, 0.05) is 29.6 Å². The summed E-state index contributed by atoms with van der Waals surface area (Å²) in [6.07, 6.45) is -3.10. The zero-order chi connectivity index (χ0) is 21.1. The Balaban J connectivity index is 1.52. The van der Waals surface area contributed by atoms with Crippen LogP contribution in [0.25, 0.3) is 11.3 Å². The van der Waals surface area contributed by atoms with Gasteiger partial charge in [-0.1, -0.05) is 42.5 Å². The summed E-state index contributed by atoms with van der Waals surface area (Å²) in [6.45, 7) is 3.06. The molecule has 4 rings (SSSR count). The molecule has 0 unspecified atom stereocenters. The molecule has 1 aromatic heterocycles. The number of aromatic nitrogens is 1. The topological polar surface area (TPSA) is 40.5 Å². The van der Waals surface area contributed by atoms with Gasteiger partial charge in [0.25, 0.3) is 0 Å². The summed E-state index contributed by atoms with van der Waals surface area (Å²) in [6, 6.07) is 17.5.